The molecule has 1 N–H and O–H groups in total. The van der Waals surface area contributed by atoms with Gasteiger partial charge < -0.3 is 5.32 Å². The van der Waals surface area contributed by atoms with Gasteiger partial charge in [0.2, 0.25) is 11.8 Å². The second-order valence-corrected chi connectivity index (χ2v) is 11.0. The van der Waals surface area contributed by atoms with Gasteiger partial charge in [0.05, 0.1) is 0 Å². The normalized spacial score (nSPS) is 26.1. The minimum absolute atomic E-state index is 0.0375. The van der Waals surface area contributed by atoms with Gasteiger partial charge in [-0.1, -0.05) is 49.9 Å². The summed E-state index contributed by atoms with van der Waals surface area (Å²) in [5, 5.41) is 5.31. The first-order valence-electron chi connectivity index (χ1n) is 12.4. The highest BCUT2D eigenvalue weighted by Crippen LogP contribution is 2.50. The fourth-order valence-electron chi connectivity index (χ4n) is 6.32. The summed E-state index contributed by atoms with van der Waals surface area (Å²) in [4.78, 5) is 30.3. The molecule has 2 aromatic rings. The van der Waals surface area contributed by atoms with Crippen molar-refractivity contribution < 1.29 is 9.59 Å². The van der Waals surface area contributed by atoms with Gasteiger partial charge >= 0.3 is 0 Å². The summed E-state index contributed by atoms with van der Waals surface area (Å²) in [5.41, 5.74) is 0.817. The number of nitrogens with zero attached hydrogens (tertiary/aromatic N) is 1. The highest BCUT2D eigenvalue weighted by Gasteiger charge is 2.42. The SMILES string of the molecule is O=C(NC1CCCCC1)[C@H](c1cccs1)N(C(=O)C[C@H]1C[C@H]2CC[C@H]1C2)c1ccccc1. The van der Waals surface area contributed by atoms with E-state index in [0.717, 1.165) is 29.3 Å². The summed E-state index contributed by atoms with van der Waals surface area (Å²) in [7, 11) is 0. The topological polar surface area (TPSA) is 49.4 Å². The van der Waals surface area contributed by atoms with Crippen LogP contribution >= 0.6 is 11.3 Å². The maximum absolute atomic E-state index is 13.9. The minimum atomic E-state index is -0.606. The molecule has 1 aromatic heterocycles. The van der Waals surface area contributed by atoms with Crippen LogP contribution in [-0.2, 0) is 9.59 Å². The predicted octanol–water partition coefficient (Wildman–Crippen LogP) is 6.10. The summed E-state index contributed by atoms with van der Waals surface area (Å²) < 4.78 is 0. The van der Waals surface area contributed by atoms with Crippen molar-refractivity contribution in [3.05, 3.63) is 52.7 Å². The second kappa shape index (κ2) is 9.78. The van der Waals surface area contributed by atoms with Gasteiger partial charge in [0.1, 0.15) is 6.04 Å². The number of carbonyl (C=O) groups excluding carboxylic acids is 2. The van der Waals surface area contributed by atoms with Crippen LogP contribution < -0.4 is 10.2 Å². The van der Waals surface area contributed by atoms with Crippen molar-refractivity contribution in [2.24, 2.45) is 17.8 Å². The average molecular weight is 451 g/mol. The molecule has 0 radical (unpaired) electrons. The number of nitrogens with one attached hydrogen (secondary N) is 1. The lowest BCUT2D eigenvalue weighted by Gasteiger charge is -2.34. The number of amides is 2. The number of thiophene rings is 1. The number of hydrogen-bond acceptors (Lipinski definition) is 3. The summed E-state index contributed by atoms with van der Waals surface area (Å²) in [6.07, 6.45) is 11.3. The van der Waals surface area contributed by atoms with E-state index in [-0.39, 0.29) is 17.9 Å². The zero-order chi connectivity index (χ0) is 21.9. The molecule has 4 nitrogen and oxygen atoms in total. The predicted molar refractivity (Wildman–Crippen MR) is 130 cm³/mol. The molecule has 1 heterocycles. The molecule has 3 saturated carbocycles. The number of anilines is 1. The molecule has 0 spiro atoms. The van der Waals surface area contributed by atoms with Crippen LogP contribution in [0.5, 0.6) is 0 Å². The van der Waals surface area contributed by atoms with Gasteiger partial charge in [-0.05, 0) is 73.4 Å². The number of hydrogen-bond donors (Lipinski definition) is 1. The van der Waals surface area contributed by atoms with Gasteiger partial charge in [0.25, 0.3) is 0 Å². The van der Waals surface area contributed by atoms with E-state index in [4.69, 9.17) is 0 Å². The van der Waals surface area contributed by atoms with Crippen molar-refractivity contribution in [3.63, 3.8) is 0 Å². The van der Waals surface area contributed by atoms with Gasteiger partial charge in [-0.25, -0.2) is 0 Å². The van der Waals surface area contributed by atoms with Crippen LogP contribution in [0.15, 0.2) is 47.8 Å². The number of fused-ring (bicyclic) bond motifs is 2. The van der Waals surface area contributed by atoms with E-state index in [0.29, 0.717) is 18.3 Å². The molecular formula is C27H34N2O2S. The Kier molecular flexibility index (Phi) is 6.63. The van der Waals surface area contributed by atoms with Crippen molar-refractivity contribution in [3.8, 4) is 0 Å². The quantitative estimate of drug-likeness (QED) is 0.554. The average Bonchev–Trinajstić information content (AvgIpc) is 3.57. The molecule has 1 aromatic carbocycles. The molecule has 5 rings (SSSR count). The lowest BCUT2D eigenvalue weighted by atomic mass is 9.86. The fourth-order valence-corrected chi connectivity index (χ4v) is 7.14. The van der Waals surface area contributed by atoms with Crippen LogP contribution in [0.3, 0.4) is 0 Å². The minimum Gasteiger partial charge on any atom is -0.351 e. The molecule has 0 unspecified atom stereocenters. The molecular weight excluding hydrogens is 416 g/mol. The van der Waals surface area contributed by atoms with E-state index in [9.17, 15) is 9.59 Å². The van der Waals surface area contributed by atoms with E-state index in [2.05, 4.69) is 5.32 Å². The Hall–Kier alpha value is -2.14. The Morgan fingerprint density at radius 2 is 1.78 bits per heavy atom. The highest BCUT2D eigenvalue weighted by molar-refractivity contribution is 7.10. The standard InChI is InChI=1S/C27H34N2O2S/c30-25(18-21-17-19-13-14-20(21)16-19)29(23-10-5-2-6-11-23)26(24-12-7-15-32-24)27(31)28-22-8-3-1-4-9-22/h2,5-7,10-12,15,19-22,26H,1,3-4,8-9,13-14,16-18H2,(H,28,31)/t19-,20-,21+,26-/m0/s1. The first kappa shape index (κ1) is 21.7. The fraction of sp³-hybridized carbons (Fsp3) is 0.556. The Morgan fingerprint density at radius 3 is 2.44 bits per heavy atom. The van der Waals surface area contributed by atoms with Crippen LogP contribution in [0, 0.1) is 17.8 Å². The molecule has 3 aliphatic rings. The molecule has 0 aliphatic heterocycles. The number of rotatable bonds is 7. The third-order valence-electron chi connectivity index (χ3n) is 7.90. The van der Waals surface area contributed by atoms with Crippen molar-refractivity contribution in [1.29, 1.82) is 0 Å². The molecule has 3 aliphatic carbocycles. The maximum Gasteiger partial charge on any atom is 0.248 e. The van der Waals surface area contributed by atoms with Gasteiger partial charge in [-0.15, -0.1) is 11.3 Å². The van der Waals surface area contributed by atoms with E-state index in [1.807, 2.05) is 47.8 Å². The number of para-hydroxylation sites is 1. The van der Waals surface area contributed by atoms with Crippen molar-refractivity contribution in [2.75, 3.05) is 4.90 Å². The maximum atomic E-state index is 13.9. The first-order valence-corrected chi connectivity index (χ1v) is 13.3. The number of carbonyl (C=O) groups is 2. The van der Waals surface area contributed by atoms with E-state index >= 15 is 0 Å². The lowest BCUT2D eigenvalue weighted by Crippen LogP contribution is -2.47. The molecule has 2 amide bonds. The van der Waals surface area contributed by atoms with Crippen molar-refractivity contribution >= 4 is 28.8 Å². The smallest absolute Gasteiger partial charge is 0.248 e. The summed E-state index contributed by atoms with van der Waals surface area (Å²) >= 11 is 1.56. The lowest BCUT2D eigenvalue weighted by molar-refractivity contribution is -0.127. The molecule has 3 fully saturated rings. The van der Waals surface area contributed by atoms with Crippen LogP contribution in [0.4, 0.5) is 5.69 Å². The summed E-state index contributed by atoms with van der Waals surface area (Å²) in [6, 6.07) is 13.4. The monoisotopic (exact) mass is 450 g/mol. The molecule has 0 saturated heterocycles. The Morgan fingerprint density at radius 1 is 0.969 bits per heavy atom. The van der Waals surface area contributed by atoms with Crippen LogP contribution in [-0.4, -0.2) is 17.9 Å². The molecule has 4 atom stereocenters. The Labute approximate surface area is 195 Å². The third kappa shape index (κ3) is 4.63. The zero-order valence-electron chi connectivity index (χ0n) is 18.7. The molecule has 2 bridgehead atoms. The van der Waals surface area contributed by atoms with E-state index in [1.54, 1.807) is 16.2 Å². The summed E-state index contributed by atoms with van der Waals surface area (Å²) in [6.45, 7) is 0. The number of benzene rings is 1. The van der Waals surface area contributed by atoms with Gasteiger partial charge in [0, 0.05) is 23.0 Å². The van der Waals surface area contributed by atoms with Crippen LogP contribution in [0.25, 0.3) is 0 Å². The first-order chi connectivity index (χ1) is 15.7. The van der Waals surface area contributed by atoms with Crippen LogP contribution in [0.1, 0.15) is 75.1 Å². The van der Waals surface area contributed by atoms with Gasteiger partial charge in [0.15, 0.2) is 0 Å². The molecule has 170 valence electrons. The largest absolute Gasteiger partial charge is 0.351 e. The highest BCUT2D eigenvalue weighted by atomic mass is 32.1. The third-order valence-corrected chi connectivity index (χ3v) is 8.82. The summed E-state index contributed by atoms with van der Waals surface area (Å²) in [5.74, 6) is 2.02. The molecule has 32 heavy (non-hydrogen) atoms. The van der Waals surface area contributed by atoms with Crippen molar-refractivity contribution in [2.45, 2.75) is 76.3 Å². The molecule has 5 heteroatoms. The van der Waals surface area contributed by atoms with Crippen molar-refractivity contribution in [1.82, 2.24) is 5.32 Å². The Bertz CT molecular complexity index is 907. The van der Waals surface area contributed by atoms with Gasteiger partial charge in [-0.3, -0.25) is 14.5 Å². The zero-order valence-corrected chi connectivity index (χ0v) is 19.6. The Balaban J connectivity index is 1.43. The second-order valence-electron chi connectivity index (χ2n) is 10.00. The van der Waals surface area contributed by atoms with E-state index < -0.39 is 6.04 Å². The van der Waals surface area contributed by atoms with Crippen LogP contribution in [0.2, 0.25) is 0 Å². The van der Waals surface area contributed by atoms with E-state index in [1.165, 1.54) is 44.9 Å². The van der Waals surface area contributed by atoms with Gasteiger partial charge in [-0.2, -0.15) is 0 Å².